The summed E-state index contributed by atoms with van der Waals surface area (Å²) in [6.07, 6.45) is 1.40. The van der Waals surface area contributed by atoms with Crippen LogP contribution in [0.2, 0.25) is 5.02 Å². The van der Waals surface area contributed by atoms with Crippen molar-refractivity contribution in [1.82, 2.24) is 14.5 Å². The van der Waals surface area contributed by atoms with E-state index in [4.69, 9.17) is 17.3 Å². The molecule has 2 N–H and O–H groups in total. The van der Waals surface area contributed by atoms with Crippen molar-refractivity contribution in [3.63, 3.8) is 0 Å². The number of rotatable bonds is 3. The molecule has 0 radical (unpaired) electrons. The third-order valence-electron chi connectivity index (χ3n) is 2.16. The van der Waals surface area contributed by atoms with Gasteiger partial charge in [0.25, 0.3) is 0 Å². The number of halogens is 4. The third kappa shape index (κ3) is 2.99. The van der Waals surface area contributed by atoms with Crippen LogP contribution in [0.3, 0.4) is 0 Å². The second-order valence-electron chi connectivity index (χ2n) is 3.41. The van der Waals surface area contributed by atoms with Crippen LogP contribution in [0.25, 0.3) is 11.2 Å². The monoisotopic (exact) mass is 296 g/mol. The number of aryl methyl sites for hydroxylation is 1. The normalized spacial score (nSPS) is 12.2. The summed E-state index contributed by atoms with van der Waals surface area (Å²) in [5, 5.41) is 0.400. The summed E-state index contributed by atoms with van der Waals surface area (Å²) in [5.74, 6) is -0.0220. The van der Waals surface area contributed by atoms with Crippen LogP contribution in [0.5, 0.6) is 0 Å². The minimum atomic E-state index is -4.25. The van der Waals surface area contributed by atoms with Gasteiger partial charge in [-0.05, 0) is 17.8 Å². The standard InChI is InChI=1S/C9H8ClF3N4S/c10-5-3-6-7(15-4-5)17(8(14)16-6)1-2-18-9(11,12)13/h3-4H,1-2H2,(H2,14,16). The van der Waals surface area contributed by atoms with Gasteiger partial charge in [-0.2, -0.15) is 13.2 Å². The van der Waals surface area contributed by atoms with Crippen molar-refractivity contribution in [1.29, 1.82) is 0 Å². The van der Waals surface area contributed by atoms with E-state index in [1.807, 2.05) is 0 Å². The largest absolute Gasteiger partial charge is 0.441 e. The van der Waals surface area contributed by atoms with Crippen molar-refractivity contribution in [2.45, 2.75) is 12.1 Å². The zero-order chi connectivity index (χ0) is 13.3. The number of nitrogens with two attached hydrogens (primary N) is 1. The molecule has 9 heteroatoms. The Hall–Kier alpha value is -1.15. The highest BCUT2D eigenvalue weighted by Crippen LogP contribution is 2.30. The fourth-order valence-electron chi connectivity index (χ4n) is 1.48. The highest BCUT2D eigenvalue weighted by atomic mass is 35.5. The molecule has 0 spiro atoms. The predicted molar refractivity (Wildman–Crippen MR) is 65.5 cm³/mol. The first-order chi connectivity index (χ1) is 8.37. The molecule has 0 atom stereocenters. The van der Waals surface area contributed by atoms with Crippen LogP contribution in [0.1, 0.15) is 0 Å². The number of alkyl halides is 3. The van der Waals surface area contributed by atoms with Crippen molar-refractivity contribution in [2.24, 2.45) is 0 Å². The molecule has 0 saturated carbocycles. The van der Waals surface area contributed by atoms with Gasteiger partial charge in [-0.25, -0.2) is 9.97 Å². The highest BCUT2D eigenvalue weighted by Gasteiger charge is 2.27. The molecule has 2 aromatic rings. The summed E-state index contributed by atoms with van der Waals surface area (Å²) in [6.45, 7) is 0.0845. The Kier molecular flexibility index (Phi) is 3.58. The summed E-state index contributed by atoms with van der Waals surface area (Å²) in [5.41, 5.74) is 2.28. The summed E-state index contributed by atoms with van der Waals surface area (Å²) < 4.78 is 37.5. The zero-order valence-electron chi connectivity index (χ0n) is 8.91. The molecule has 0 aromatic carbocycles. The van der Waals surface area contributed by atoms with E-state index in [1.54, 1.807) is 6.07 Å². The fraction of sp³-hybridized carbons (Fsp3) is 0.333. The van der Waals surface area contributed by atoms with Gasteiger partial charge in [-0.1, -0.05) is 11.6 Å². The molecule has 0 aliphatic heterocycles. The first-order valence-corrected chi connectivity index (χ1v) is 6.21. The average molecular weight is 297 g/mol. The Morgan fingerprint density at radius 2 is 2.17 bits per heavy atom. The van der Waals surface area contributed by atoms with E-state index in [2.05, 4.69) is 9.97 Å². The van der Waals surface area contributed by atoms with Gasteiger partial charge in [-0.3, -0.25) is 4.57 Å². The van der Waals surface area contributed by atoms with Crippen LogP contribution in [0.4, 0.5) is 19.1 Å². The Morgan fingerprint density at radius 1 is 1.44 bits per heavy atom. The second kappa shape index (κ2) is 4.85. The number of pyridine rings is 1. The maximum Gasteiger partial charge on any atom is 0.441 e. The molecule has 0 aliphatic rings. The third-order valence-corrected chi connectivity index (χ3v) is 3.08. The van der Waals surface area contributed by atoms with E-state index < -0.39 is 5.51 Å². The van der Waals surface area contributed by atoms with Crippen LogP contribution in [0.15, 0.2) is 12.3 Å². The molecule has 0 aliphatic carbocycles. The van der Waals surface area contributed by atoms with Crippen LogP contribution in [-0.2, 0) is 6.54 Å². The Balaban J connectivity index is 2.20. The Bertz CT molecular complexity index is 569. The topological polar surface area (TPSA) is 56.7 Å². The molecule has 0 fully saturated rings. The maximum absolute atomic E-state index is 12.0. The van der Waals surface area contributed by atoms with Crippen molar-refractivity contribution in [3.8, 4) is 0 Å². The Morgan fingerprint density at radius 3 is 2.83 bits per heavy atom. The van der Waals surface area contributed by atoms with E-state index in [0.717, 1.165) is 0 Å². The molecular weight excluding hydrogens is 289 g/mol. The zero-order valence-corrected chi connectivity index (χ0v) is 10.5. The SMILES string of the molecule is Nc1nc2cc(Cl)cnc2n1CCSC(F)(F)F. The molecule has 18 heavy (non-hydrogen) atoms. The minimum Gasteiger partial charge on any atom is -0.369 e. The van der Waals surface area contributed by atoms with E-state index in [1.165, 1.54) is 10.8 Å². The molecule has 0 unspecified atom stereocenters. The van der Waals surface area contributed by atoms with E-state index in [9.17, 15) is 13.2 Å². The number of hydrogen-bond acceptors (Lipinski definition) is 4. The summed E-state index contributed by atoms with van der Waals surface area (Å²) in [4.78, 5) is 8.01. The summed E-state index contributed by atoms with van der Waals surface area (Å²) in [6, 6.07) is 1.56. The van der Waals surface area contributed by atoms with Gasteiger partial charge < -0.3 is 5.73 Å². The lowest BCUT2D eigenvalue weighted by molar-refractivity contribution is -0.0328. The first kappa shape index (κ1) is 13.3. The number of thioether (sulfide) groups is 1. The van der Waals surface area contributed by atoms with Gasteiger partial charge in [0.1, 0.15) is 5.52 Å². The van der Waals surface area contributed by atoms with Gasteiger partial charge in [0.2, 0.25) is 5.95 Å². The molecule has 98 valence electrons. The fourth-order valence-corrected chi connectivity index (χ4v) is 2.13. The van der Waals surface area contributed by atoms with Crippen LogP contribution >= 0.6 is 23.4 Å². The number of fused-ring (bicyclic) bond motifs is 1. The lowest BCUT2D eigenvalue weighted by atomic mass is 10.4. The lowest BCUT2D eigenvalue weighted by Gasteiger charge is -2.07. The smallest absolute Gasteiger partial charge is 0.369 e. The van der Waals surface area contributed by atoms with E-state index in [0.29, 0.717) is 16.2 Å². The number of imidazole rings is 1. The number of anilines is 1. The first-order valence-electron chi connectivity index (χ1n) is 4.85. The van der Waals surface area contributed by atoms with Crippen molar-refractivity contribution < 1.29 is 13.2 Å². The van der Waals surface area contributed by atoms with Gasteiger partial charge in [0, 0.05) is 18.5 Å². The van der Waals surface area contributed by atoms with Gasteiger partial charge in [-0.15, -0.1) is 0 Å². The molecule has 2 aromatic heterocycles. The van der Waals surface area contributed by atoms with Crippen molar-refractivity contribution in [2.75, 3.05) is 11.5 Å². The number of hydrogen-bond donors (Lipinski definition) is 1. The average Bonchev–Trinajstić information content (AvgIpc) is 2.52. The highest BCUT2D eigenvalue weighted by molar-refractivity contribution is 8.00. The quantitative estimate of drug-likeness (QED) is 0.946. The Labute approximate surface area is 109 Å². The van der Waals surface area contributed by atoms with Crippen LogP contribution < -0.4 is 5.73 Å². The maximum atomic E-state index is 12.0. The van der Waals surface area contributed by atoms with Crippen molar-refractivity contribution >= 4 is 40.5 Å². The summed E-state index contributed by atoms with van der Waals surface area (Å²) >= 11 is 5.63. The molecule has 2 rings (SSSR count). The lowest BCUT2D eigenvalue weighted by Crippen LogP contribution is -2.09. The molecular formula is C9H8ClF3N4S. The van der Waals surface area contributed by atoms with E-state index in [-0.39, 0.29) is 30.0 Å². The van der Waals surface area contributed by atoms with Crippen LogP contribution in [-0.4, -0.2) is 25.8 Å². The summed E-state index contributed by atoms with van der Waals surface area (Å²) in [7, 11) is 0. The number of nitrogen functional groups attached to an aromatic ring is 1. The second-order valence-corrected chi connectivity index (χ2v) is 5.01. The van der Waals surface area contributed by atoms with Gasteiger partial charge in [0.05, 0.1) is 5.02 Å². The minimum absolute atomic E-state index is 0.0845. The molecule has 0 saturated heterocycles. The van der Waals surface area contributed by atoms with Gasteiger partial charge in [0.15, 0.2) is 5.65 Å². The molecule has 2 heterocycles. The molecule has 0 bridgehead atoms. The van der Waals surface area contributed by atoms with E-state index >= 15 is 0 Å². The van der Waals surface area contributed by atoms with Crippen molar-refractivity contribution in [3.05, 3.63) is 17.3 Å². The molecule has 4 nitrogen and oxygen atoms in total. The number of aromatic nitrogens is 3. The predicted octanol–water partition coefficient (Wildman–Crippen LogP) is 2.92. The number of nitrogens with zero attached hydrogens (tertiary/aromatic N) is 3. The van der Waals surface area contributed by atoms with Crippen LogP contribution in [0, 0.1) is 0 Å². The van der Waals surface area contributed by atoms with Gasteiger partial charge >= 0.3 is 5.51 Å². The molecule has 0 amide bonds.